The summed E-state index contributed by atoms with van der Waals surface area (Å²) in [4.78, 5) is 12.0. The number of nitrogens with two attached hydrogens (primary N) is 1. The van der Waals surface area contributed by atoms with Gasteiger partial charge in [-0.3, -0.25) is 4.57 Å². The summed E-state index contributed by atoms with van der Waals surface area (Å²) >= 11 is 0. The normalized spacial score (nSPS) is 25.9. The summed E-state index contributed by atoms with van der Waals surface area (Å²) in [6.45, 7) is -0.273. The van der Waals surface area contributed by atoms with Gasteiger partial charge in [-0.25, -0.2) is 4.98 Å². The topological polar surface area (TPSA) is 143 Å². The molecule has 0 saturated carbocycles. The van der Waals surface area contributed by atoms with E-state index in [9.17, 15) is 5.11 Å². The highest BCUT2D eigenvalue weighted by Gasteiger charge is 2.35. The van der Waals surface area contributed by atoms with Crippen molar-refractivity contribution in [2.75, 3.05) is 12.3 Å². The molecule has 1 fully saturated rings. The van der Waals surface area contributed by atoms with Gasteiger partial charge in [0.1, 0.15) is 23.9 Å². The van der Waals surface area contributed by atoms with Crippen molar-refractivity contribution >= 4 is 17.0 Å². The first-order valence-electron chi connectivity index (χ1n) is 5.98. The summed E-state index contributed by atoms with van der Waals surface area (Å²) in [5, 5.41) is 27.7. The summed E-state index contributed by atoms with van der Waals surface area (Å²) in [6.07, 6.45) is -0.173. The first kappa shape index (κ1) is 12.7. The minimum Gasteiger partial charge on any atom is -0.394 e. The number of nitriles is 1. The lowest BCUT2D eigenvalue weighted by molar-refractivity contribution is -0.0432. The molecule has 9 nitrogen and oxygen atoms in total. The first-order chi connectivity index (χ1) is 9.63. The molecule has 0 amide bonds. The summed E-state index contributed by atoms with van der Waals surface area (Å²) in [5.74, 6) is 0.0524. The molecule has 4 N–H and O–H groups in total. The average Bonchev–Trinajstić information content (AvgIpc) is 3.01. The molecule has 0 aromatic carbocycles. The Bertz CT molecular complexity index is 693. The Morgan fingerprint density at radius 3 is 3.00 bits per heavy atom. The van der Waals surface area contributed by atoms with E-state index in [1.54, 1.807) is 4.57 Å². The highest BCUT2D eigenvalue weighted by Crippen LogP contribution is 2.31. The van der Waals surface area contributed by atoms with Crippen LogP contribution in [0.2, 0.25) is 0 Å². The second kappa shape index (κ2) is 4.68. The van der Waals surface area contributed by atoms with Crippen LogP contribution in [-0.4, -0.2) is 48.5 Å². The van der Waals surface area contributed by atoms with Crippen molar-refractivity contribution in [3.05, 3.63) is 12.2 Å². The Kier molecular flexibility index (Phi) is 2.98. The van der Waals surface area contributed by atoms with Crippen LogP contribution < -0.4 is 5.73 Å². The van der Waals surface area contributed by atoms with Gasteiger partial charge in [0, 0.05) is 6.42 Å². The van der Waals surface area contributed by atoms with Crippen LogP contribution in [0.5, 0.6) is 0 Å². The van der Waals surface area contributed by atoms with Crippen LogP contribution in [0.25, 0.3) is 11.2 Å². The van der Waals surface area contributed by atoms with Crippen LogP contribution in [0, 0.1) is 11.3 Å². The zero-order valence-electron chi connectivity index (χ0n) is 10.3. The number of nitrogen functional groups attached to an aromatic ring is 1. The van der Waals surface area contributed by atoms with Crippen LogP contribution in [0.4, 0.5) is 5.82 Å². The fourth-order valence-electron chi connectivity index (χ4n) is 2.25. The number of rotatable bonds is 2. The summed E-state index contributed by atoms with van der Waals surface area (Å²) in [6, 6.07) is 1.82. The van der Waals surface area contributed by atoms with E-state index < -0.39 is 18.4 Å². The van der Waals surface area contributed by atoms with Gasteiger partial charge in [0.2, 0.25) is 5.82 Å². The third-order valence-electron chi connectivity index (χ3n) is 3.24. The van der Waals surface area contributed by atoms with Gasteiger partial charge in [-0.15, -0.1) is 0 Å². The molecule has 3 atom stereocenters. The van der Waals surface area contributed by atoms with Crippen molar-refractivity contribution in [2.45, 2.75) is 24.9 Å². The Morgan fingerprint density at radius 1 is 1.55 bits per heavy atom. The first-order valence-corrected chi connectivity index (χ1v) is 5.98. The molecule has 2 aromatic heterocycles. The van der Waals surface area contributed by atoms with Gasteiger partial charge < -0.3 is 20.7 Å². The number of imidazole rings is 1. The molecule has 20 heavy (non-hydrogen) atoms. The molecular weight excluding hydrogens is 264 g/mol. The molecule has 3 unspecified atom stereocenters. The molecule has 0 spiro atoms. The number of hydrogen-bond acceptors (Lipinski definition) is 8. The summed E-state index contributed by atoms with van der Waals surface area (Å²) in [5.41, 5.74) is 6.45. The van der Waals surface area contributed by atoms with Crippen LogP contribution in [0.15, 0.2) is 6.33 Å². The Balaban J connectivity index is 2.05. The maximum Gasteiger partial charge on any atom is 0.236 e. The second-order valence-corrected chi connectivity index (χ2v) is 4.48. The van der Waals surface area contributed by atoms with Gasteiger partial charge in [-0.05, 0) is 0 Å². The molecule has 3 rings (SSSR count). The number of aromatic nitrogens is 4. The monoisotopic (exact) mass is 276 g/mol. The molecule has 0 bridgehead atoms. The smallest absolute Gasteiger partial charge is 0.236 e. The molecule has 1 aliphatic heterocycles. The number of hydrogen-bond donors (Lipinski definition) is 3. The van der Waals surface area contributed by atoms with Gasteiger partial charge >= 0.3 is 0 Å². The molecule has 0 radical (unpaired) electrons. The van der Waals surface area contributed by atoms with E-state index >= 15 is 0 Å². The van der Waals surface area contributed by atoms with Crippen LogP contribution in [0.1, 0.15) is 18.5 Å². The number of fused-ring (bicyclic) bond motifs is 1. The molecule has 104 valence electrons. The lowest BCUT2D eigenvalue weighted by atomic mass is 10.2. The lowest BCUT2D eigenvalue weighted by Crippen LogP contribution is -2.24. The second-order valence-electron chi connectivity index (χ2n) is 4.48. The van der Waals surface area contributed by atoms with Crippen molar-refractivity contribution < 1.29 is 14.9 Å². The SMILES string of the molecule is N#Cc1nc(N)c2ncn(C3CC(O)C(CO)O3)c2n1. The fourth-order valence-corrected chi connectivity index (χ4v) is 2.25. The van der Waals surface area contributed by atoms with Crippen molar-refractivity contribution in [2.24, 2.45) is 0 Å². The Labute approximate surface area is 113 Å². The van der Waals surface area contributed by atoms with Crippen molar-refractivity contribution in [1.29, 1.82) is 5.26 Å². The maximum atomic E-state index is 9.76. The maximum absolute atomic E-state index is 9.76. The van der Waals surface area contributed by atoms with Crippen molar-refractivity contribution in [1.82, 2.24) is 19.5 Å². The summed E-state index contributed by atoms with van der Waals surface area (Å²) in [7, 11) is 0. The van der Waals surface area contributed by atoms with Crippen LogP contribution in [0.3, 0.4) is 0 Å². The predicted octanol–water partition coefficient (Wildman–Crippen LogP) is -1.08. The molecule has 1 aliphatic rings. The van der Waals surface area contributed by atoms with E-state index in [1.807, 2.05) is 6.07 Å². The number of nitrogens with zero attached hydrogens (tertiary/aromatic N) is 5. The molecule has 3 heterocycles. The standard InChI is InChI=1S/C11H12N6O3/c12-2-7-15-10(13)9-11(16-7)17(4-14-9)8-1-5(19)6(3-18)20-8/h4-6,8,18-19H,1,3H2,(H2,13,15,16). The molecule has 2 aromatic rings. The fraction of sp³-hybridized carbons (Fsp3) is 0.455. The van der Waals surface area contributed by atoms with Gasteiger partial charge in [0.05, 0.1) is 19.0 Å². The van der Waals surface area contributed by atoms with E-state index in [0.29, 0.717) is 17.6 Å². The number of anilines is 1. The van der Waals surface area contributed by atoms with Crippen LogP contribution in [-0.2, 0) is 4.74 Å². The minimum atomic E-state index is -0.767. The quantitative estimate of drug-likeness (QED) is 0.628. The van der Waals surface area contributed by atoms with E-state index in [1.165, 1.54) is 6.33 Å². The van der Waals surface area contributed by atoms with E-state index in [0.717, 1.165) is 0 Å². The van der Waals surface area contributed by atoms with Crippen LogP contribution >= 0.6 is 0 Å². The van der Waals surface area contributed by atoms with Gasteiger partial charge in [0.25, 0.3) is 0 Å². The van der Waals surface area contributed by atoms with Crippen molar-refractivity contribution in [3.63, 3.8) is 0 Å². The van der Waals surface area contributed by atoms with E-state index in [2.05, 4.69) is 15.0 Å². The van der Waals surface area contributed by atoms with Crippen molar-refractivity contribution in [3.8, 4) is 6.07 Å². The third kappa shape index (κ3) is 1.87. The third-order valence-corrected chi connectivity index (χ3v) is 3.24. The van der Waals surface area contributed by atoms with E-state index in [-0.39, 0.29) is 18.2 Å². The number of ether oxygens (including phenoxy) is 1. The molecule has 0 aliphatic carbocycles. The minimum absolute atomic E-state index is 0.0611. The molecule has 9 heteroatoms. The molecule has 1 saturated heterocycles. The zero-order valence-corrected chi connectivity index (χ0v) is 10.3. The average molecular weight is 276 g/mol. The van der Waals surface area contributed by atoms with Gasteiger partial charge in [-0.2, -0.15) is 15.2 Å². The Morgan fingerprint density at radius 2 is 2.35 bits per heavy atom. The lowest BCUT2D eigenvalue weighted by Gasteiger charge is -2.13. The largest absolute Gasteiger partial charge is 0.394 e. The zero-order chi connectivity index (χ0) is 14.3. The van der Waals surface area contributed by atoms with Gasteiger partial charge in [-0.1, -0.05) is 0 Å². The predicted molar refractivity (Wildman–Crippen MR) is 66.1 cm³/mol. The van der Waals surface area contributed by atoms with E-state index in [4.69, 9.17) is 20.8 Å². The highest BCUT2D eigenvalue weighted by atomic mass is 16.5. The number of aliphatic hydroxyl groups excluding tert-OH is 2. The summed E-state index contributed by atoms with van der Waals surface area (Å²) < 4.78 is 7.10. The Hall–Kier alpha value is -2.28. The molecular formula is C11H12N6O3. The highest BCUT2D eigenvalue weighted by molar-refractivity contribution is 5.81. The number of aliphatic hydroxyl groups is 2. The van der Waals surface area contributed by atoms with Gasteiger partial charge in [0.15, 0.2) is 11.5 Å².